The highest BCUT2D eigenvalue weighted by Crippen LogP contribution is 2.30. The minimum Gasteiger partial charge on any atom is -0.381 e. The molecule has 0 bridgehead atoms. The van der Waals surface area contributed by atoms with Crippen LogP contribution in [0.3, 0.4) is 0 Å². The summed E-state index contributed by atoms with van der Waals surface area (Å²) in [6.45, 7) is 2.62. The van der Waals surface area contributed by atoms with Crippen LogP contribution in [0.5, 0.6) is 0 Å². The molecule has 0 aliphatic carbocycles. The topological polar surface area (TPSA) is 77.3 Å². The molecule has 116 valence electrons. The summed E-state index contributed by atoms with van der Waals surface area (Å²) in [5, 5.41) is 6.79. The molecule has 2 aromatic rings. The van der Waals surface area contributed by atoms with E-state index in [1.165, 1.54) is 12.5 Å². The Balaban J connectivity index is 1.87. The van der Waals surface area contributed by atoms with E-state index in [1.54, 1.807) is 19.1 Å². The van der Waals surface area contributed by atoms with Crippen LogP contribution < -0.4 is 5.32 Å². The van der Waals surface area contributed by atoms with Gasteiger partial charge in [0.1, 0.15) is 11.4 Å². The first-order valence-electron chi connectivity index (χ1n) is 7.04. The van der Waals surface area contributed by atoms with E-state index < -0.39 is 11.4 Å². The minimum absolute atomic E-state index is 0.262. The molecule has 1 aliphatic heterocycles. The molecular weight excluding hydrogens is 289 g/mol. The first-order chi connectivity index (χ1) is 10.6. The fourth-order valence-corrected chi connectivity index (χ4v) is 2.53. The van der Waals surface area contributed by atoms with Crippen LogP contribution >= 0.6 is 0 Å². The molecule has 3 rings (SSSR count). The maximum Gasteiger partial charge on any atom is 0.252 e. The third-order valence-corrected chi connectivity index (χ3v) is 3.92. The summed E-state index contributed by atoms with van der Waals surface area (Å²) < 4.78 is 23.8. The van der Waals surface area contributed by atoms with Crippen molar-refractivity contribution in [1.82, 2.24) is 15.5 Å². The Labute approximate surface area is 126 Å². The Morgan fingerprint density at radius 3 is 2.77 bits per heavy atom. The van der Waals surface area contributed by atoms with Crippen LogP contribution in [-0.4, -0.2) is 29.3 Å². The minimum atomic E-state index is -0.746. The number of aromatic nitrogens is 2. The van der Waals surface area contributed by atoms with Gasteiger partial charge in [-0.1, -0.05) is 11.2 Å². The maximum absolute atomic E-state index is 13.6. The largest absolute Gasteiger partial charge is 0.381 e. The van der Waals surface area contributed by atoms with Gasteiger partial charge in [0, 0.05) is 31.6 Å². The van der Waals surface area contributed by atoms with Crippen molar-refractivity contribution in [3.05, 3.63) is 47.4 Å². The van der Waals surface area contributed by atoms with Gasteiger partial charge in [-0.2, -0.15) is 4.98 Å². The van der Waals surface area contributed by atoms with E-state index in [0.717, 1.165) is 0 Å². The smallest absolute Gasteiger partial charge is 0.252 e. The Kier molecular flexibility index (Phi) is 3.89. The van der Waals surface area contributed by atoms with Gasteiger partial charge in [-0.05, 0) is 24.6 Å². The second-order valence-electron chi connectivity index (χ2n) is 5.37. The van der Waals surface area contributed by atoms with Gasteiger partial charge in [0.2, 0.25) is 6.39 Å². The number of benzene rings is 1. The van der Waals surface area contributed by atoms with E-state index in [4.69, 9.17) is 9.26 Å². The molecule has 1 fully saturated rings. The number of carbonyl (C=O) groups is 1. The summed E-state index contributed by atoms with van der Waals surface area (Å²) in [5.74, 6) is -0.365. The second-order valence-corrected chi connectivity index (χ2v) is 5.37. The molecule has 1 amide bonds. The van der Waals surface area contributed by atoms with E-state index in [0.29, 0.717) is 37.4 Å². The lowest BCUT2D eigenvalue weighted by molar-refractivity contribution is 0.0305. The van der Waals surface area contributed by atoms with Gasteiger partial charge in [0.05, 0.1) is 0 Å². The van der Waals surface area contributed by atoms with Crippen LogP contribution in [0, 0.1) is 12.7 Å². The van der Waals surface area contributed by atoms with Gasteiger partial charge in [0.15, 0.2) is 5.82 Å². The molecule has 22 heavy (non-hydrogen) atoms. The average molecular weight is 305 g/mol. The normalized spacial score (nSPS) is 17.2. The fraction of sp³-hybridized carbons (Fsp3) is 0.400. The van der Waals surface area contributed by atoms with Crippen molar-refractivity contribution in [3.63, 3.8) is 0 Å². The molecule has 1 N–H and O–H groups in total. The number of aryl methyl sites for hydroxylation is 1. The predicted molar refractivity (Wildman–Crippen MR) is 74.6 cm³/mol. The molecular formula is C15H16FN3O3. The average Bonchev–Trinajstić information content (AvgIpc) is 3.06. The zero-order valence-electron chi connectivity index (χ0n) is 12.1. The zero-order valence-corrected chi connectivity index (χ0v) is 12.1. The van der Waals surface area contributed by atoms with E-state index in [2.05, 4.69) is 15.5 Å². The molecule has 0 radical (unpaired) electrons. The summed E-state index contributed by atoms with van der Waals surface area (Å²) in [6, 6.07) is 4.40. The van der Waals surface area contributed by atoms with Crippen LogP contribution in [0.15, 0.2) is 29.1 Å². The predicted octanol–water partition coefficient (Wildman–Crippen LogP) is 1.95. The molecule has 6 nitrogen and oxygen atoms in total. The van der Waals surface area contributed by atoms with Crippen molar-refractivity contribution < 1.29 is 18.4 Å². The van der Waals surface area contributed by atoms with Crippen molar-refractivity contribution >= 4 is 5.91 Å². The number of nitrogens with one attached hydrogen (secondary N) is 1. The number of rotatable bonds is 3. The van der Waals surface area contributed by atoms with Crippen molar-refractivity contribution in [1.29, 1.82) is 0 Å². The quantitative estimate of drug-likeness (QED) is 0.938. The van der Waals surface area contributed by atoms with Crippen LogP contribution in [0.2, 0.25) is 0 Å². The first-order valence-corrected chi connectivity index (χ1v) is 7.04. The number of carbonyl (C=O) groups excluding carboxylic acids is 1. The Bertz CT molecular complexity index is 667. The van der Waals surface area contributed by atoms with E-state index >= 15 is 0 Å². The molecule has 1 aliphatic rings. The van der Waals surface area contributed by atoms with Crippen molar-refractivity contribution in [2.24, 2.45) is 0 Å². The van der Waals surface area contributed by atoms with E-state index in [9.17, 15) is 9.18 Å². The molecule has 2 heterocycles. The van der Waals surface area contributed by atoms with Gasteiger partial charge in [-0.3, -0.25) is 4.79 Å². The number of ether oxygens (including phenoxy) is 1. The van der Waals surface area contributed by atoms with E-state index in [1.807, 2.05) is 0 Å². The molecule has 0 spiro atoms. The van der Waals surface area contributed by atoms with Crippen molar-refractivity contribution in [2.45, 2.75) is 25.3 Å². The highest BCUT2D eigenvalue weighted by molar-refractivity contribution is 5.94. The molecule has 1 aromatic heterocycles. The summed E-state index contributed by atoms with van der Waals surface area (Å²) in [5.41, 5.74) is 0.0110. The molecule has 0 atom stereocenters. The lowest BCUT2D eigenvalue weighted by Gasteiger charge is -2.35. The molecule has 7 heteroatoms. The number of halogens is 1. The van der Waals surface area contributed by atoms with Crippen LogP contribution in [0.4, 0.5) is 4.39 Å². The van der Waals surface area contributed by atoms with Crippen LogP contribution in [0.1, 0.15) is 34.6 Å². The molecule has 1 saturated heterocycles. The number of amides is 1. The third-order valence-electron chi connectivity index (χ3n) is 3.92. The van der Waals surface area contributed by atoms with E-state index in [-0.39, 0.29) is 11.5 Å². The fourth-order valence-electron chi connectivity index (χ4n) is 2.53. The lowest BCUT2D eigenvalue weighted by atomic mass is 9.88. The Morgan fingerprint density at radius 2 is 2.14 bits per heavy atom. The number of hydrogen-bond acceptors (Lipinski definition) is 5. The zero-order chi connectivity index (χ0) is 15.6. The Hall–Kier alpha value is -2.28. The van der Waals surface area contributed by atoms with Crippen LogP contribution in [0.25, 0.3) is 0 Å². The SMILES string of the molecule is Cc1ccc(C(=O)NC2(c3ncon3)CCOCC2)cc1F. The van der Waals surface area contributed by atoms with Crippen LogP contribution in [-0.2, 0) is 10.3 Å². The van der Waals surface area contributed by atoms with Gasteiger partial charge >= 0.3 is 0 Å². The lowest BCUT2D eigenvalue weighted by Crippen LogP contribution is -2.50. The molecule has 0 unspecified atom stereocenters. The highest BCUT2D eigenvalue weighted by atomic mass is 19.1. The van der Waals surface area contributed by atoms with Gasteiger partial charge in [0.25, 0.3) is 5.91 Å². The first kappa shape index (κ1) is 14.6. The van der Waals surface area contributed by atoms with Gasteiger partial charge in [-0.15, -0.1) is 0 Å². The summed E-state index contributed by atoms with van der Waals surface area (Å²) >= 11 is 0. The number of nitrogens with zero attached hydrogens (tertiary/aromatic N) is 2. The Morgan fingerprint density at radius 1 is 1.36 bits per heavy atom. The van der Waals surface area contributed by atoms with Crippen molar-refractivity contribution in [2.75, 3.05) is 13.2 Å². The standard InChI is InChI=1S/C15H16FN3O3/c1-10-2-3-11(8-12(10)16)13(20)18-15(4-6-21-7-5-15)14-17-9-22-19-14/h2-3,8-9H,4-7H2,1H3,(H,18,20). The monoisotopic (exact) mass is 305 g/mol. The maximum atomic E-state index is 13.6. The second kappa shape index (κ2) is 5.84. The summed E-state index contributed by atoms with van der Waals surface area (Å²) in [7, 11) is 0. The highest BCUT2D eigenvalue weighted by Gasteiger charge is 2.40. The van der Waals surface area contributed by atoms with Crippen molar-refractivity contribution in [3.8, 4) is 0 Å². The number of hydrogen-bond donors (Lipinski definition) is 1. The molecule has 1 aromatic carbocycles. The summed E-state index contributed by atoms with van der Waals surface area (Å²) in [4.78, 5) is 16.5. The third kappa shape index (κ3) is 2.71. The van der Waals surface area contributed by atoms with Gasteiger partial charge < -0.3 is 14.6 Å². The molecule has 0 saturated carbocycles. The summed E-state index contributed by atoms with van der Waals surface area (Å²) in [6.07, 6.45) is 2.30. The van der Waals surface area contributed by atoms with Gasteiger partial charge in [-0.25, -0.2) is 4.39 Å².